The second-order valence-corrected chi connectivity index (χ2v) is 6.96. The van der Waals surface area contributed by atoms with E-state index in [-0.39, 0.29) is 11.7 Å². The minimum Gasteiger partial charge on any atom is -0.441 e. The zero-order valence-corrected chi connectivity index (χ0v) is 12.9. The highest BCUT2D eigenvalue weighted by Crippen LogP contribution is 2.32. The summed E-state index contributed by atoms with van der Waals surface area (Å²) < 4.78 is 5.63. The van der Waals surface area contributed by atoms with Gasteiger partial charge in [0.2, 0.25) is 0 Å². The standard InChI is InChI=1S/C14H21N3O2S/c1-11-15-12(9-20-11)8-17-6-3-4-14(5-7-17)10-16(2)13(18)19-14/h9H,3-8,10H2,1-2H3. The summed E-state index contributed by atoms with van der Waals surface area (Å²) in [5, 5.41) is 3.26. The number of nitrogens with zero attached hydrogens (tertiary/aromatic N) is 3. The predicted molar refractivity (Wildman–Crippen MR) is 77.8 cm³/mol. The van der Waals surface area contributed by atoms with Crippen LogP contribution in [0.2, 0.25) is 0 Å². The fraction of sp³-hybridized carbons (Fsp3) is 0.714. The zero-order chi connectivity index (χ0) is 14.2. The molecule has 1 atom stereocenters. The smallest absolute Gasteiger partial charge is 0.410 e. The first-order valence-corrected chi connectivity index (χ1v) is 8.02. The summed E-state index contributed by atoms with van der Waals surface area (Å²) in [5.41, 5.74) is 0.905. The van der Waals surface area contributed by atoms with Crippen molar-refractivity contribution in [1.29, 1.82) is 0 Å². The van der Waals surface area contributed by atoms with Gasteiger partial charge in [0.1, 0.15) is 5.60 Å². The highest BCUT2D eigenvalue weighted by atomic mass is 32.1. The van der Waals surface area contributed by atoms with E-state index < -0.39 is 0 Å². The molecule has 1 aromatic heterocycles. The van der Waals surface area contributed by atoms with E-state index in [1.165, 1.54) is 0 Å². The second-order valence-electron chi connectivity index (χ2n) is 5.89. The van der Waals surface area contributed by atoms with Crippen LogP contribution in [0, 0.1) is 6.92 Å². The lowest BCUT2D eigenvalue weighted by molar-refractivity contribution is 0.0442. The number of likely N-dealkylation sites (tertiary alicyclic amines) is 1. The Balaban J connectivity index is 1.61. The molecular formula is C14H21N3O2S. The predicted octanol–water partition coefficient (Wildman–Crippen LogP) is 2.26. The highest BCUT2D eigenvalue weighted by Gasteiger charge is 2.44. The Kier molecular flexibility index (Phi) is 3.69. The average Bonchev–Trinajstić information content (AvgIpc) is 2.84. The van der Waals surface area contributed by atoms with Gasteiger partial charge in [0, 0.05) is 31.9 Å². The van der Waals surface area contributed by atoms with Gasteiger partial charge in [0.15, 0.2) is 0 Å². The van der Waals surface area contributed by atoms with Gasteiger partial charge in [-0.25, -0.2) is 9.78 Å². The third-order valence-electron chi connectivity index (χ3n) is 4.18. The summed E-state index contributed by atoms with van der Waals surface area (Å²) in [6.45, 7) is 5.70. The molecule has 1 aromatic rings. The van der Waals surface area contributed by atoms with Crippen LogP contribution >= 0.6 is 11.3 Å². The van der Waals surface area contributed by atoms with Crippen molar-refractivity contribution in [1.82, 2.24) is 14.8 Å². The molecule has 0 aliphatic carbocycles. The number of carbonyl (C=O) groups excluding carboxylic acids is 1. The van der Waals surface area contributed by atoms with Crippen molar-refractivity contribution < 1.29 is 9.53 Å². The summed E-state index contributed by atoms with van der Waals surface area (Å²) in [6.07, 6.45) is 2.79. The maximum atomic E-state index is 11.6. The number of carbonyl (C=O) groups is 1. The Bertz CT molecular complexity index is 504. The molecule has 0 saturated carbocycles. The topological polar surface area (TPSA) is 45.7 Å². The molecular weight excluding hydrogens is 274 g/mol. The number of hydrogen-bond donors (Lipinski definition) is 0. The lowest BCUT2D eigenvalue weighted by Crippen LogP contribution is -2.35. The Morgan fingerprint density at radius 1 is 1.45 bits per heavy atom. The average molecular weight is 295 g/mol. The van der Waals surface area contributed by atoms with Crippen molar-refractivity contribution in [3.63, 3.8) is 0 Å². The number of aryl methyl sites for hydroxylation is 1. The molecule has 3 heterocycles. The number of ether oxygens (including phenoxy) is 1. The fourth-order valence-electron chi connectivity index (χ4n) is 3.14. The van der Waals surface area contributed by atoms with Gasteiger partial charge in [0.05, 0.1) is 17.2 Å². The molecule has 1 spiro atoms. The quantitative estimate of drug-likeness (QED) is 0.839. The van der Waals surface area contributed by atoms with Crippen LogP contribution in [0.4, 0.5) is 4.79 Å². The van der Waals surface area contributed by atoms with E-state index in [9.17, 15) is 4.79 Å². The first kappa shape index (κ1) is 13.8. The third kappa shape index (κ3) is 2.81. The van der Waals surface area contributed by atoms with Crippen LogP contribution in [0.15, 0.2) is 5.38 Å². The largest absolute Gasteiger partial charge is 0.441 e. The molecule has 1 amide bonds. The second kappa shape index (κ2) is 5.33. The van der Waals surface area contributed by atoms with E-state index in [0.29, 0.717) is 0 Å². The van der Waals surface area contributed by atoms with Gasteiger partial charge in [-0.2, -0.15) is 0 Å². The number of likely N-dealkylation sites (N-methyl/N-ethyl adjacent to an activating group) is 1. The van der Waals surface area contributed by atoms with Gasteiger partial charge >= 0.3 is 6.09 Å². The molecule has 0 aromatic carbocycles. The molecule has 3 rings (SSSR count). The first-order chi connectivity index (χ1) is 9.56. The molecule has 2 fully saturated rings. The number of thiazole rings is 1. The van der Waals surface area contributed by atoms with E-state index in [1.807, 2.05) is 14.0 Å². The normalized spacial score (nSPS) is 27.9. The molecule has 20 heavy (non-hydrogen) atoms. The summed E-state index contributed by atoms with van der Waals surface area (Å²) in [7, 11) is 1.82. The molecule has 6 heteroatoms. The monoisotopic (exact) mass is 295 g/mol. The summed E-state index contributed by atoms with van der Waals surface area (Å²) >= 11 is 1.70. The van der Waals surface area contributed by atoms with Crippen molar-refractivity contribution >= 4 is 17.4 Å². The molecule has 2 saturated heterocycles. The van der Waals surface area contributed by atoms with Gasteiger partial charge in [-0.1, -0.05) is 0 Å². The number of hydrogen-bond acceptors (Lipinski definition) is 5. The lowest BCUT2D eigenvalue weighted by Gasteiger charge is -2.25. The van der Waals surface area contributed by atoms with Crippen LogP contribution in [-0.2, 0) is 11.3 Å². The van der Waals surface area contributed by atoms with Crippen molar-refractivity contribution in [3.05, 3.63) is 16.1 Å². The van der Waals surface area contributed by atoms with Crippen molar-refractivity contribution in [2.75, 3.05) is 26.7 Å². The molecule has 0 radical (unpaired) electrons. The number of rotatable bonds is 2. The molecule has 110 valence electrons. The van der Waals surface area contributed by atoms with Crippen LogP contribution in [0.3, 0.4) is 0 Å². The van der Waals surface area contributed by atoms with Crippen LogP contribution in [-0.4, -0.2) is 53.2 Å². The molecule has 2 aliphatic heterocycles. The summed E-state index contributed by atoms with van der Waals surface area (Å²) in [4.78, 5) is 20.3. The maximum Gasteiger partial charge on any atom is 0.410 e. The minimum absolute atomic E-state index is 0.173. The first-order valence-electron chi connectivity index (χ1n) is 7.14. The molecule has 2 aliphatic rings. The maximum absolute atomic E-state index is 11.6. The van der Waals surface area contributed by atoms with Crippen LogP contribution < -0.4 is 0 Å². The third-order valence-corrected chi connectivity index (χ3v) is 5.01. The summed E-state index contributed by atoms with van der Waals surface area (Å²) in [6, 6.07) is 0. The van der Waals surface area contributed by atoms with E-state index in [0.717, 1.165) is 56.1 Å². The van der Waals surface area contributed by atoms with E-state index in [1.54, 1.807) is 16.2 Å². The molecule has 0 bridgehead atoms. The van der Waals surface area contributed by atoms with E-state index >= 15 is 0 Å². The van der Waals surface area contributed by atoms with Gasteiger partial charge in [-0.05, 0) is 26.3 Å². The Morgan fingerprint density at radius 3 is 2.95 bits per heavy atom. The van der Waals surface area contributed by atoms with Crippen LogP contribution in [0.5, 0.6) is 0 Å². The number of aromatic nitrogens is 1. The molecule has 0 N–H and O–H groups in total. The van der Waals surface area contributed by atoms with Crippen LogP contribution in [0.25, 0.3) is 0 Å². The zero-order valence-electron chi connectivity index (χ0n) is 12.1. The summed E-state index contributed by atoms with van der Waals surface area (Å²) in [5.74, 6) is 0. The van der Waals surface area contributed by atoms with Gasteiger partial charge in [-0.15, -0.1) is 11.3 Å². The van der Waals surface area contributed by atoms with Crippen molar-refractivity contribution in [2.24, 2.45) is 0 Å². The number of amides is 1. The van der Waals surface area contributed by atoms with Gasteiger partial charge < -0.3 is 9.64 Å². The SMILES string of the molecule is Cc1nc(CN2CCCC3(CC2)CN(C)C(=O)O3)cs1. The molecule has 5 nitrogen and oxygen atoms in total. The highest BCUT2D eigenvalue weighted by molar-refractivity contribution is 7.09. The Morgan fingerprint density at radius 2 is 2.30 bits per heavy atom. The van der Waals surface area contributed by atoms with Crippen LogP contribution in [0.1, 0.15) is 30.0 Å². The van der Waals surface area contributed by atoms with Gasteiger partial charge in [-0.3, -0.25) is 4.90 Å². The molecule has 1 unspecified atom stereocenters. The lowest BCUT2D eigenvalue weighted by atomic mass is 9.95. The van der Waals surface area contributed by atoms with E-state index in [4.69, 9.17) is 4.74 Å². The fourth-order valence-corrected chi connectivity index (χ4v) is 3.75. The Labute approximate surface area is 123 Å². The Hall–Kier alpha value is -1.14. The van der Waals surface area contributed by atoms with Crippen molar-refractivity contribution in [3.8, 4) is 0 Å². The minimum atomic E-state index is -0.251. The van der Waals surface area contributed by atoms with E-state index in [2.05, 4.69) is 15.3 Å². The van der Waals surface area contributed by atoms with Crippen molar-refractivity contribution in [2.45, 2.75) is 38.3 Å². The van der Waals surface area contributed by atoms with Gasteiger partial charge in [0.25, 0.3) is 0 Å².